The number of benzene rings is 1. The summed E-state index contributed by atoms with van der Waals surface area (Å²) in [6.45, 7) is 0.811. The molecule has 40 heavy (non-hydrogen) atoms. The van der Waals surface area contributed by atoms with Gasteiger partial charge in [0.15, 0.2) is 5.96 Å². The Balaban J connectivity index is 1.76. The number of carbonyl (C=O) groups excluding carboxylic acids is 3. The molecule has 0 bridgehead atoms. The second-order valence-electron chi connectivity index (χ2n) is 11.5. The second-order valence-corrected chi connectivity index (χ2v) is 11.5. The van der Waals surface area contributed by atoms with Crippen LogP contribution in [0.25, 0.3) is 0 Å². The summed E-state index contributed by atoms with van der Waals surface area (Å²) in [4.78, 5) is 43.7. The topological polar surface area (TPSA) is 192 Å². The summed E-state index contributed by atoms with van der Waals surface area (Å²) in [5, 5.41) is 6.01. The summed E-state index contributed by atoms with van der Waals surface area (Å²) in [7, 11) is 0. The molecule has 0 aromatic heterocycles. The van der Waals surface area contributed by atoms with Crippen LogP contribution in [0.2, 0.25) is 0 Å². The number of nitrogens with one attached hydrogen (secondary N) is 2. The zero-order valence-corrected chi connectivity index (χ0v) is 23.8. The van der Waals surface area contributed by atoms with Crippen molar-refractivity contribution in [3.8, 4) is 0 Å². The summed E-state index contributed by atoms with van der Waals surface area (Å²) in [6.07, 6.45) is 11.7. The first kappa shape index (κ1) is 31.4. The molecule has 1 aromatic rings. The second kappa shape index (κ2) is 16.2. The Morgan fingerprint density at radius 2 is 1.38 bits per heavy atom. The van der Waals surface area contributed by atoms with Crippen molar-refractivity contribution in [3.63, 3.8) is 0 Å². The van der Waals surface area contributed by atoms with E-state index in [0.717, 1.165) is 68.9 Å². The Kier molecular flexibility index (Phi) is 12.7. The molecule has 2 fully saturated rings. The van der Waals surface area contributed by atoms with Crippen molar-refractivity contribution in [2.24, 2.45) is 45.7 Å². The molecule has 2 aliphatic rings. The predicted molar refractivity (Wildman–Crippen MR) is 158 cm³/mol. The molecule has 2 saturated carbocycles. The third-order valence-corrected chi connectivity index (χ3v) is 8.58. The molecular weight excluding hydrogens is 506 g/mol. The minimum atomic E-state index is -0.861. The van der Waals surface area contributed by atoms with Crippen LogP contribution in [0.4, 0.5) is 0 Å². The van der Waals surface area contributed by atoms with Crippen LogP contribution in [-0.2, 0) is 27.3 Å². The van der Waals surface area contributed by atoms with Gasteiger partial charge >= 0.3 is 0 Å². The average molecular weight is 556 g/mol. The Morgan fingerprint density at radius 1 is 0.800 bits per heavy atom. The molecule has 10 nitrogen and oxygen atoms in total. The molecule has 3 rings (SSSR count). The van der Waals surface area contributed by atoms with E-state index in [1.165, 1.54) is 6.42 Å². The highest BCUT2D eigenvalue weighted by Crippen LogP contribution is 2.33. The Hall–Kier alpha value is -3.14. The maximum absolute atomic E-state index is 14.0. The van der Waals surface area contributed by atoms with Crippen molar-refractivity contribution in [1.29, 1.82) is 0 Å². The lowest BCUT2D eigenvalue weighted by Gasteiger charge is -2.34. The minimum absolute atomic E-state index is 0.0173. The Morgan fingerprint density at radius 3 is 1.93 bits per heavy atom. The van der Waals surface area contributed by atoms with E-state index in [0.29, 0.717) is 32.4 Å². The average Bonchev–Trinajstić information content (AvgIpc) is 2.97. The molecule has 0 heterocycles. The van der Waals surface area contributed by atoms with E-state index in [9.17, 15) is 14.4 Å². The SMILES string of the molecule is NCc1ccc(CC(C(=O)N[C@H](C(=O)N[C@@H](CCCN=C(N)N)C(N)=O)C2CCCCC2)C2CCCCC2)cc1. The zero-order chi connectivity index (χ0) is 28.9. The molecule has 10 heteroatoms. The minimum Gasteiger partial charge on any atom is -0.370 e. The van der Waals surface area contributed by atoms with E-state index in [4.69, 9.17) is 22.9 Å². The maximum Gasteiger partial charge on any atom is 0.243 e. The van der Waals surface area contributed by atoms with Gasteiger partial charge in [-0.15, -0.1) is 0 Å². The lowest BCUT2D eigenvalue weighted by atomic mass is 9.76. The van der Waals surface area contributed by atoms with Gasteiger partial charge in [-0.2, -0.15) is 0 Å². The first-order chi connectivity index (χ1) is 19.3. The molecular formula is C30H49N7O3. The van der Waals surface area contributed by atoms with E-state index in [1.807, 2.05) is 12.1 Å². The zero-order valence-electron chi connectivity index (χ0n) is 23.8. The van der Waals surface area contributed by atoms with Crippen LogP contribution in [0.5, 0.6) is 0 Å². The molecule has 3 atom stereocenters. The highest BCUT2D eigenvalue weighted by molar-refractivity contribution is 5.92. The number of aliphatic imine (C=N–C) groups is 1. The van der Waals surface area contributed by atoms with Gasteiger partial charge in [0.1, 0.15) is 12.1 Å². The monoisotopic (exact) mass is 555 g/mol. The number of carbonyl (C=O) groups is 3. The van der Waals surface area contributed by atoms with E-state index >= 15 is 0 Å². The van der Waals surface area contributed by atoms with Gasteiger partial charge in [0.2, 0.25) is 17.7 Å². The van der Waals surface area contributed by atoms with Crippen molar-refractivity contribution in [1.82, 2.24) is 10.6 Å². The molecule has 2 aliphatic carbocycles. The van der Waals surface area contributed by atoms with Crippen molar-refractivity contribution in [2.45, 2.75) is 102 Å². The molecule has 0 saturated heterocycles. The van der Waals surface area contributed by atoms with E-state index < -0.39 is 18.0 Å². The van der Waals surface area contributed by atoms with Crippen LogP contribution in [0.1, 0.15) is 88.2 Å². The smallest absolute Gasteiger partial charge is 0.243 e. The highest BCUT2D eigenvalue weighted by Gasteiger charge is 2.36. The summed E-state index contributed by atoms with van der Waals surface area (Å²) < 4.78 is 0. The third-order valence-electron chi connectivity index (χ3n) is 8.58. The van der Waals surface area contributed by atoms with E-state index in [-0.39, 0.29) is 35.5 Å². The summed E-state index contributed by atoms with van der Waals surface area (Å²) >= 11 is 0. The first-order valence-corrected chi connectivity index (χ1v) is 15.0. The molecule has 1 unspecified atom stereocenters. The number of rotatable bonds is 14. The van der Waals surface area contributed by atoms with Crippen LogP contribution in [0, 0.1) is 17.8 Å². The number of nitrogens with zero attached hydrogens (tertiary/aromatic N) is 1. The number of amides is 3. The van der Waals surface area contributed by atoms with Crippen LogP contribution in [0.15, 0.2) is 29.3 Å². The fourth-order valence-corrected chi connectivity index (χ4v) is 6.25. The Bertz CT molecular complexity index is 982. The molecule has 0 spiro atoms. The van der Waals surface area contributed by atoms with Gasteiger partial charge in [-0.25, -0.2) is 0 Å². The molecule has 3 amide bonds. The normalized spacial score (nSPS) is 18.7. The van der Waals surface area contributed by atoms with Gasteiger partial charge in [-0.3, -0.25) is 19.4 Å². The lowest BCUT2D eigenvalue weighted by molar-refractivity contribution is -0.135. The fourth-order valence-electron chi connectivity index (χ4n) is 6.25. The van der Waals surface area contributed by atoms with Gasteiger partial charge < -0.3 is 33.6 Å². The highest BCUT2D eigenvalue weighted by atomic mass is 16.2. The van der Waals surface area contributed by atoms with Crippen LogP contribution >= 0.6 is 0 Å². The van der Waals surface area contributed by atoms with Gasteiger partial charge in [0.25, 0.3) is 0 Å². The first-order valence-electron chi connectivity index (χ1n) is 15.0. The van der Waals surface area contributed by atoms with Crippen LogP contribution < -0.4 is 33.6 Å². The number of hydrogen-bond donors (Lipinski definition) is 6. The van der Waals surface area contributed by atoms with Crippen molar-refractivity contribution < 1.29 is 14.4 Å². The van der Waals surface area contributed by atoms with E-state index in [1.54, 1.807) is 0 Å². The molecule has 10 N–H and O–H groups in total. The summed E-state index contributed by atoms with van der Waals surface area (Å²) in [6, 6.07) is 6.56. The number of primary amides is 1. The third kappa shape index (κ3) is 9.80. The predicted octanol–water partition coefficient (Wildman–Crippen LogP) is 1.97. The quantitative estimate of drug-likeness (QED) is 0.115. The van der Waals surface area contributed by atoms with Gasteiger partial charge in [0, 0.05) is 19.0 Å². The van der Waals surface area contributed by atoms with Gasteiger partial charge in [0.05, 0.1) is 0 Å². The van der Waals surface area contributed by atoms with Crippen molar-refractivity contribution >= 4 is 23.7 Å². The van der Waals surface area contributed by atoms with Gasteiger partial charge in [-0.1, -0.05) is 62.8 Å². The fraction of sp³-hybridized carbons (Fsp3) is 0.667. The summed E-state index contributed by atoms with van der Waals surface area (Å²) in [5.74, 6) is -1.01. The van der Waals surface area contributed by atoms with Crippen LogP contribution in [0.3, 0.4) is 0 Å². The largest absolute Gasteiger partial charge is 0.370 e. The maximum atomic E-state index is 14.0. The molecule has 0 radical (unpaired) electrons. The number of hydrogen-bond acceptors (Lipinski definition) is 5. The van der Waals surface area contributed by atoms with Crippen molar-refractivity contribution in [2.75, 3.05) is 6.54 Å². The number of guanidine groups is 1. The van der Waals surface area contributed by atoms with Gasteiger partial charge in [-0.05, 0) is 67.9 Å². The molecule has 222 valence electrons. The van der Waals surface area contributed by atoms with E-state index in [2.05, 4.69) is 27.8 Å². The molecule has 0 aliphatic heterocycles. The standard InChI is InChI=1S/C30H49N7O3/c31-19-21-15-13-20(14-16-21)18-24(22-8-3-1-4-9-22)28(39)37-26(23-10-5-2-6-11-23)29(40)36-25(27(32)38)12-7-17-35-30(33)34/h13-16,22-26H,1-12,17-19,31H2,(H2,32,38)(H,36,40)(H,37,39)(H4,33,34,35)/t24?,25-,26-/m0/s1. The van der Waals surface area contributed by atoms with Crippen LogP contribution in [-0.4, -0.2) is 42.3 Å². The lowest BCUT2D eigenvalue weighted by Crippen LogP contribution is -2.57. The summed E-state index contributed by atoms with van der Waals surface area (Å²) in [5.41, 5.74) is 24.3. The van der Waals surface area contributed by atoms with Crippen molar-refractivity contribution in [3.05, 3.63) is 35.4 Å². The Labute approximate surface area is 238 Å². The number of nitrogens with two attached hydrogens (primary N) is 4. The molecule has 1 aromatic carbocycles.